The third kappa shape index (κ3) is 3.05. The highest BCUT2D eigenvalue weighted by Crippen LogP contribution is 2.21. The fraction of sp³-hybridized carbons (Fsp3) is 0.400. The van der Waals surface area contributed by atoms with Gasteiger partial charge in [-0.3, -0.25) is 0 Å². The molecule has 0 aliphatic carbocycles. The predicted octanol–water partition coefficient (Wildman–Crippen LogP) is 2.13. The molecule has 1 fully saturated rings. The molecular weight excluding hydrogens is 238 g/mol. The molecule has 0 aromatic heterocycles. The molecule has 0 saturated carbocycles. The zero-order valence-electron chi connectivity index (χ0n) is 8.09. The van der Waals surface area contributed by atoms with Crippen LogP contribution in [-0.4, -0.2) is 19.6 Å². The van der Waals surface area contributed by atoms with E-state index >= 15 is 0 Å². The molecule has 0 bridgehead atoms. The Kier molecular flexibility index (Phi) is 4.80. The van der Waals surface area contributed by atoms with E-state index in [2.05, 4.69) is 10.6 Å². The van der Waals surface area contributed by atoms with Crippen LogP contribution in [0.15, 0.2) is 18.2 Å². The summed E-state index contributed by atoms with van der Waals surface area (Å²) in [6.45, 7) is 2.57. The standard InChI is InChI=1S/C10H12ClFN2.ClH/c11-7-1-2-8(9(12)5-7)10-6-13-3-4-14-10;/h1-2,5,10,13-14H,3-4,6H2;1H/t10-;/m0./s1. The normalized spacial score (nSPS) is 20.8. The van der Waals surface area contributed by atoms with Gasteiger partial charge in [-0.15, -0.1) is 12.4 Å². The summed E-state index contributed by atoms with van der Waals surface area (Å²) < 4.78 is 13.5. The van der Waals surface area contributed by atoms with Gasteiger partial charge in [-0.05, 0) is 12.1 Å². The van der Waals surface area contributed by atoms with Crippen LogP contribution in [0.5, 0.6) is 0 Å². The maximum Gasteiger partial charge on any atom is 0.129 e. The summed E-state index contributed by atoms with van der Waals surface area (Å²) in [6, 6.07) is 4.87. The first-order valence-electron chi connectivity index (χ1n) is 4.66. The molecule has 2 N–H and O–H groups in total. The molecule has 15 heavy (non-hydrogen) atoms. The van der Waals surface area contributed by atoms with Crippen molar-refractivity contribution >= 4 is 24.0 Å². The lowest BCUT2D eigenvalue weighted by Gasteiger charge is -2.25. The molecule has 5 heteroatoms. The number of benzene rings is 1. The lowest BCUT2D eigenvalue weighted by atomic mass is 10.1. The van der Waals surface area contributed by atoms with Crippen LogP contribution in [0.3, 0.4) is 0 Å². The van der Waals surface area contributed by atoms with E-state index in [1.165, 1.54) is 6.07 Å². The van der Waals surface area contributed by atoms with E-state index < -0.39 is 0 Å². The Balaban J connectivity index is 0.00000112. The van der Waals surface area contributed by atoms with Crippen molar-refractivity contribution in [3.8, 4) is 0 Å². The molecule has 1 saturated heterocycles. The first-order valence-corrected chi connectivity index (χ1v) is 5.04. The number of halogens is 3. The van der Waals surface area contributed by atoms with Crippen molar-refractivity contribution < 1.29 is 4.39 Å². The highest BCUT2D eigenvalue weighted by Gasteiger charge is 2.17. The SMILES string of the molecule is Cl.Fc1cc(Cl)ccc1[C@@H]1CNCCN1. The van der Waals surface area contributed by atoms with Gasteiger partial charge in [0.2, 0.25) is 0 Å². The van der Waals surface area contributed by atoms with Gasteiger partial charge in [-0.25, -0.2) is 4.39 Å². The van der Waals surface area contributed by atoms with Crippen LogP contribution in [0.25, 0.3) is 0 Å². The van der Waals surface area contributed by atoms with Gasteiger partial charge >= 0.3 is 0 Å². The topological polar surface area (TPSA) is 24.1 Å². The minimum Gasteiger partial charge on any atom is -0.314 e. The molecule has 1 aromatic rings. The second-order valence-electron chi connectivity index (χ2n) is 3.38. The smallest absolute Gasteiger partial charge is 0.129 e. The summed E-state index contributed by atoms with van der Waals surface area (Å²) in [4.78, 5) is 0. The van der Waals surface area contributed by atoms with E-state index in [-0.39, 0.29) is 24.3 Å². The van der Waals surface area contributed by atoms with Gasteiger partial charge in [-0.1, -0.05) is 17.7 Å². The summed E-state index contributed by atoms with van der Waals surface area (Å²) >= 11 is 5.68. The highest BCUT2D eigenvalue weighted by molar-refractivity contribution is 6.30. The van der Waals surface area contributed by atoms with E-state index in [1.54, 1.807) is 12.1 Å². The summed E-state index contributed by atoms with van der Waals surface area (Å²) in [5, 5.41) is 6.90. The molecule has 1 aromatic carbocycles. The van der Waals surface area contributed by atoms with Crippen molar-refractivity contribution in [2.75, 3.05) is 19.6 Å². The lowest BCUT2D eigenvalue weighted by molar-refractivity contribution is 0.417. The molecule has 2 rings (SSSR count). The predicted molar refractivity (Wildman–Crippen MR) is 62.3 cm³/mol. The maximum absolute atomic E-state index is 13.5. The van der Waals surface area contributed by atoms with Gasteiger partial charge in [-0.2, -0.15) is 0 Å². The van der Waals surface area contributed by atoms with Crippen LogP contribution in [0.2, 0.25) is 5.02 Å². The van der Waals surface area contributed by atoms with Crippen molar-refractivity contribution in [2.45, 2.75) is 6.04 Å². The molecule has 2 nitrogen and oxygen atoms in total. The number of nitrogens with one attached hydrogen (secondary N) is 2. The third-order valence-corrected chi connectivity index (χ3v) is 2.61. The molecule has 0 radical (unpaired) electrons. The van der Waals surface area contributed by atoms with Crippen LogP contribution in [0.1, 0.15) is 11.6 Å². The second kappa shape index (κ2) is 5.66. The molecule has 1 aliphatic heterocycles. The quantitative estimate of drug-likeness (QED) is 0.799. The molecule has 0 spiro atoms. The highest BCUT2D eigenvalue weighted by atomic mass is 35.5. The zero-order valence-corrected chi connectivity index (χ0v) is 9.67. The Hall–Kier alpha value is -0.350. The molecule has 84 valence electrons. The molecule has 1 aliphatic rings. The zero-order chi connectivity index (χ0) is 9.97. The first-order chi connectivity index (χ1) is 6.77. The van der Waals surface area contributed by atoms with Gasteiger partial charge in [0.15, 0.2) is 0 Å². The van der Waals surface area contributed by atoms with Crippen molar-refractivity contribution in [3.05, 3.63) is 34.6 Å². The van der Waals surface area contributed by atoms with Crippen molar-refractivity contribution in [1.82, 2.24) is 10.6 Å². The molecule has 1 heterocycles. The van der Waals surface area contributed by atoms with Gasteiger partial charge in [0.05, 0.1) is 0 Å². The first kappa shape index (κ1) is 12.7. The van der Waals surface area contributed by atoms with Crippen LogP contribution in [-0.2, 0) is 0 Å². The number of rotatable bonds is 1. The summed E-state index contributed by atoms with van der Waals surface area (Å²) in [6.07, 6.45) is 0. The van der Waals surface area contributed by atoms with E-state index in [1.807, 2.05) is 0 Å². The number of hydrogen-bond donors (Lipinski definition) is 2. The Morgan fingerprint density at radius 3 is 2.73 bits per heavy atom. The van der Waals surface area contributed by atoms with Crippen LogP contribution in [0.4, 0.5) is 4.39 Å². The minimum absolute atomic E-state index is 0. The van der Waals surface area contributed by atoms with Crippen molar-refractivity contribution in [2.24, 2.45) is 0 Å². The van der Waals surface area contributed by atoms with Gasteiger partial charge in [0.25, 0.3) is 0 Å². The van der Waals surface area contributed by atoms with E-state index in [0.717, 1.165) is 19.6 Å². The second-order valence-corrected chi connectivity index (χ2v) is 3.81. The molecule has 1 atom stereocenters. The minimum atomic E-state index is -0.237. The average molecular weight is 251 g/mol. The Morgan fingerprint density at radius 2 is 2.13 bits per heavy atom. The lowest BCUT2D eigenvalue weighted by Crippen LogP contribution is -2.42. The van der Waals surface area contributed by atoms with Crippen LogP contribution >= 0.6 is 24.0 Å². The van der Waals surface area contributed by atoms with Gasteiger partial charge in [0.1, 0.15) is 5.82 Å². The molecule has 0 amide bonds. The third-order valence-electron chi connectivity index (χ3n) is 2.38. The fourth-order valence-corrected chi connectivity index (χ4v) is 1.82. The maximum atomic E-state index is 13.5. The van der Waals surface area contributed by atoms with Gasteiger partial charge < -0.3 is 10.6 Å². The largest absolute Gasteiger partial charge is 0.314 e. The Bertz CT molecular complexity index is 327. The van der Waals surface area contributed by atoms with E-state index in [4.69, 9.17) is 11.6 Å². The fourth-order valence-electron chi connectivity index (χ4n) is 1.66. The molecular formula is C10H13Cl2FN2. The van der Waals surface area contributed by atoms with Gasteiger partial charge in [0, 0.05) is 36.3 Å². The van der Waals surface area contributed by atoms with Crippen molar-refractivity contribution in [1.29, 1.82) is 0 Å². The van der Waals surface area contributed by atoms with Crippen LogP contribution in [0, 0.1) is 5.82 Å². The van der Waals surface area contributed by atoms with Crippen LogP contribution < -0.4 is 10.6 Å². The Labute approximate surface area is 99.6 Å². The average Bonchev–Trinajstić information content (AvgIpc) is 2.19. The summed E-state index contributed by atoms with van der Waals surface area (Å²) in [5.41, 5.74) is 0.682. The van der Waals surface area contributed by atoms with E-state index in [9.17, 15) is 4.39 Å². The number of hydrogen-bond acceptors (Lipinski definition) is 2. The number of piperazine rings is 1. The monoisotopic (exact) mass is 250 g/mol. The molecule has 0 unspecified atom stereocenters. The summed E-state index contributed by atoms with van der Waals surface area (Å²) in [5.74, 6) is -0.237. The van der Waals surface area contributed by atoms with Crippen molar-refractivity contribution in [3.63, 3.8) is 0 Å². The van der Waals surface area contributed by atoms with E-state index in [0.29, 0.717) is 10.6 Å². The Morgan fingerprint density at radius 1 is 1.33 bits per heavy atom. The summed E-state index contributed by atoms with van der Waals surface area (Å²) in [7, 11) is 0.